The van der Waals surface area contributed by atoms with Crippen molar-refractivity contribution in [1.29, 1.82) is 0 Å². The Bertz CT molecular complexity index is 901. The van der Waals surface area contributed by atoms with Crippen LogP contribution in [0.15, 0.2) is 35.8 Å². The number of nitrogens with zero attached hydrogens (tertiary/aromatic N) is 3. The number of amides is 1. The Morgan fingerprint density at radius 3 is 2.22 bits per heavy atom. The van der Waals surface area contributed by atoms with Crippen molar-refractivity contribution in [3.63, 3.8) is 0 Å². The van der Waals surface area contributed by atoms with Gasteiger partial charge in [-0.2, -0.15) is 0 Å². The van der Waals surface area contributed by atoms with Crippen LogP contribution in [0.25, 0.3) is 0 Å². The lowest BCUT2D eigenvalue weighted by Crippen LogP contribution is -2.48. The van der Waals surface area contributed by atoms with Crippen LogP contribution in [0.4, 0.5) is 5.13 Å². The lowest BCUT2D eigenvalue weighted by molar-refractivity contribution is -0.125. The number of piperazine rings is 1. The first kappa shape index (κ1) is 19.2. The zero-order chi connectivity index (χ0) is 19.3. The molecular weight excluding hydrogens is 370 g/mol. The van der Waals surface area contributed by atoms with Gasteiger partial charge in [-0.1, -0.05) is 31.5 Å². The average molecular weight is 394 g/mol. The molecule has 0 spiro atoms. The van der Waals surface area contributed by atoms with Crippen LogP contribution >= 0.6 is 11.3 Å². The highest BCUT2D eigenvalue weighted by Crippen LogP contribution is 2.18. The summed E-state index contributed by atoms with van der Waals surface area (Å²) in [4.78, 5) is 20.7. The molecule has 0 aliphatic carbocycles. The molecule has 6 heteroatoms. The number of anilines is 1. The van der Waals surface area contributed by atoms with Crippen LogP contribution in [0.3, 0.4) is 0 Å². The summed E-state index contributed by atoms with van der Waals surface area (Å²) in [6, 6.07) is 7.78. The number of hydrogen-bond donors (Lipinski definition) is 0. The highest BCUT2D eigenvalue weighted by molar-refractivity contribution is 7.13. The Labute approximate surface area is 166 Å². The summed E-state index contributed by atoms with van der Waals surface area (Å²) >= 11 is 1.63. The van der Waals surface area contributed by atoms with E-state index < -0.39 is 8.07 Å². The number of hydrogen-bond acceptors (Lipinski definition) is 4. The maximum absolute atomic E-state index is 12.3. The number of benzene rings is 1. The second kappa shape index (κ2) is 8.43. The number of thiazole rings is 1. The third kappa shape index (κ3) is 5.72. The molecular formula is C21H23N3OSSi. The molecule has 138 valence electrons. The molecule has 0 bridgehead atoms. The van der Waals surface area contributed by atoms with Crippen molar-refractivity contribution in [1.82, 2.24) is 9.88 Å². The van der Waals surface area contributed by atoms with Gasteiger partial charge in [0.15, 0.2) is 5.13 Å². The maximum atomic E-state index is 12.3. The molecule has 2 aromatic rings. The molecule has 1 saturated heterocycles. The van der Waals surface area contributed by atoms with Crippen LogP contribution in [-0.4, -0.2) is 50.0 Å². The van der Waals surface area contributed by atoms with Crippen molar-refractivity contribution in [2.24, 2.45) is 0 Å². The van der Waals surface area contributed by atoms with E-state index in [0.717, 1.165) is 29.3 Å². The molecule has 1 aromatic carbocycles. The molecule has 2 heterocycles. The summed E-state index contributed by atoms with van der Waals surface area (Å²) in [5, 5.41) is 2.99. The third-order valence-corrected chi connectivity index (χ3v) is 5.74. The van der Waals surface area contributed by atoms with Crippen LogP contribution in [0.2, 0.25) is 19.6 Å². The van der Waals surface area contributed by atoms with E-state index in [0.29, 0.717) is 13.1 Å². The molecule has 1 aromatic heterocycles. The van der Waals surface area contributed by atoms with Gasteiger partial charge < -0.3 is 9.80 Å². The monoisotopic (exact) mass is 393 g/mol. The number of aromatic nitrogens is 1. The van der Waals surface area contributed by atoms with E-state index in [1.807, 2.05) is 40.7 Å². The normalized spacial score (nSPS) is 14.0. The van der Waals surface area contributed by atoms with E-state index in [9.17, 15) is 4.79 Å². The molecule has 0 N–H and O–H groups in total. The lowest BCUT2D eigenvalue weighted by Gasteiger charge is -2.33. The van der Waals surface area contributed by atoms with Gasteiger partial charge in [-0.25, -0.2) is 4.98 Å². The molecule has 0 saturated carbocycles. The van der Waals surface area contributed by atoms with Gasteiger partial charge in [-0.05, 0) is 24.3 Å². The Kier molecular flexibility index (Phi) is 6.00. The summed E-state index contributed by atoms with van der Waals surface area (Å²) in [6.07, 6.45) is 1.81. The van der Waals surface area contributed by atoms with E-state index in [1.165, 1.54) is 0 Å². The molecule has 3 rings (SSSR count). The largest absolute Gasteiger partial charge is 0.345 e. The summed E-state index contributed by atoms with van der Waals surface area (Å²) < 4.78 is 0. The van der Waals surface area contributed by atoms with Crippen molar-refractivity contribution in [3.8, 4) is 23.3 Å². The second-order valence-corrected chi connectivity index (χ2v) is 13.0. The second-order valence-electron chi connectivity index (χ2n) is 7.42. The first-order valence-corrected chi connectivity index (χ1v) is 13.4. The van der Waals surface area contributed by atoms with E-state index in [2.05, 4.69) is 52.8 Å². The van der Waals surface area contributed by atoms with E-state index >= 15 is 0 Å². The van der Waals surface area contributed by atoms with Gasteiger partial charge in [-0.15, -0.1) is 16.9 Å². The number of carbonyl (C=O) groups is 1. The Morgan fingerprint density at radius 2 is 1.67 bits per heavy atom. The molecule has 0 radical (unpaired) electrons. The number of carbonyl (C=O) groups excluding carboxylic acids is 1. The molecule has 27 heavy (non-hydrogen) atoms. The van der Waals surface area contributed by atoms with Crippen molar-refractivity contribution in [3.05, 3.63) is 47.0 Å². The Balaban J connectivity index is 1.56. The lowest BCUT2D eigenvalue weighted by atomic mass is 10.1. The fourth-order valence-electron chi connectivity index (χ4n) is 2.57. The van der Waals surface area contributed by atoms with Crippen LogP contribution in [0, 0.1) is 23.3 Å². The fourth-order valence-corrected chi connectivity index (χ4v) is 3.79. The van der Waals surface area contributed by atoms with Gasteiger partial charge in [0, 0.05) is 54.8 Å². The molecule has 1 aliphatic rings. The Hall–Kier alpha value is -2.54. The maximum Gasteiger partial charge on any atom is 0.298 e. The van der Waals surface area contributed by atoms with Crippen molar-refractivity contribution in [2.75, 3.05) is 31.1 Å². The standard InChI is InChI=1S/C21H23N3OSSi/c1-27(2,3)17-10-19-6-4-18(5-7-19)8-9-20(25)23-12-14-24(15-13-23)21-22-11-16-26-21/h4-7,11,16H,12-15H2,1-3H3. The average Bonchev–Trinajstić information content (AvgIpc) is 3.19. The zero-order valence-corrected chi connectivity index (χ0v) is 17.8. The van der Waals surface area contributed by atoms with Crippen LogP contribution in [-0.2, 0) is 4.79 Å². The fraction of sp³-hybridized carbons (Fsp3) is 0.333. The summed E-state index contributed by atoms with van der Waals surface area (Å²) in [7, 11) is -1.37. The topological polar surface area (TPSA) is 36.4 Å². The summed E-state index contributed by atoms with van der Waals surface area (Å²) in [5.74, 6) is 8.85. The molecule has 0 atom stereocenters. The van der Waals surface area contributed by atoms with Gasteiger partial charge >= 0.3 is 0 Å². The van der Waals surface area contributed by atoms with Gasteiger partial charge in [0.25, 0.3) is 5.91 Å². The van der Waals surface area contributed by atoms with Crippen molar-refractivity contribution < 1.29 is 4.79 Å². The minimum absolute atomic E-state index is 0.114. The van der Waals surface area contributed by atoms with E-state index in [1.54, 1.807) is 11.3 Å². The van der Waals surface area contributed by atoms with Crippen LogP contribution in [0.1, 0.15) is 11.1 Å². The number of rotatable bonds is 1. The van der Waals surface area contributed by atoms with Crippen molar-refractivity contribution >= 4 is 30.4 Å². The summed E-state index contributed by atoms with van der Waals surface area (Å²) in [5.41, 5.74) is 5.18. The molecule has 1 fully saturated rings. The summed E-state index contributed by atoms with van der Waals surface area (Å²) in [6.45, 7) is 9.63. The predicted molar refractivity (Wildman–Crippen MR) is 114 cm³/mol. The van der Waals surface area contributed by atoms with E-state index in [4.69, 9.17) is 0 Å². The SMILES string of the molecule is C[Si](C)(C)C#Cc1ccc(C#CC(=O)N2CCN(c3nccs3)CC2)cc1. The third-order valence-electron chi connectivity index (χ3n) is 4.04. The van der Waals surface area contributed by atoms with Crippen molar-refractivity contribution in [2.45, 2.75) is 19.6 Å². The first-order chi connectivity index (χ1) is 12.9. The Morgan fingerprint density at radius 1 is 1.04 bits per heavy atom. The minimum atomic E-state index is -1.37. The minimum Gasteiger partial charge on any atom is -0.345 e. The van der Waals surface area contributed by atoms with Crippen LogP contribution < -0.4 is 4.90 Å². The quantitative estimate of drug-likeness (QED) is 0.552. The van der Waals surface area contributed by atoms with E-state index in [-0.39, 0.29) is 5.91 Å². The zero-order valence-electron chi connectivity index (χ0n) is 16.0. The van der Waals surface area contributed by atoms with Gasteiger partial charge in [-0.3, -0.25) is 4.79 Å². The van der Waals surface area contributed by atoms with Gasteiger partial charge in [0.05, 0.1) is 0 Å². The molecule has 1 aliphatic heterocycles. The van der Waals surface area contributed by atoms with Gasteiger partial charge in [0.2, 0.25) is 0 Å². The highest BCUT2D eigenvalue weighted by atomic mass is 32.1. The molecule has 4 nitrogen and oxygen atoms in total. The predicted octanol–water partition coefficient (Wildman–Crippen LogP) is 3.07. The highest BCUT2D eigenvalue weighted by Gasteiger charge is 2.21. The smallest absolute Gasteiger partial charge is 0.298 e. The molecule has 0 unspecified atom stereocenters. The first-order valence-electron chi connectivity index (χ1n) is 8.99. The molecule has 1 amide bonds. The van der Waals surface area contributed by atoms with Gasteiger partial charge in [0.1, 0.15) is 8.07 Å². The van der Waals surface area contributed by atoms with Crippen LogP contribution in [0.5, 0.6) is 0 Å².